The van der Waals surface area contributed by atoms with E-state index in [4.69, 9.17) is 5.73 Å². The topological polar surface area (TPSA) is 67.1 Å². The quantitative estimate of drug-likeness (QED) is 0.874. The number of nitrogens with two attached hydrogens (primary N) is 1. The third-order valence-electron chi connectivity index (χ3n) is 3.08. The lowest BCUT2D eigenvalue weighted by atomic mass is 9.93. The fourth-order valence-corrected chi connectivity index (χ4v) is 2.38. The monoisotopic (exact) mass is 273 g/mol. The molecule has 0 saturated heterocycles. The number of rotatable bonds is 5. The van der Waals surface area contributed by atoms with Crippen LogP contribution in [0.3, 0.4) is 0 Å². The van der Waals surface area contributed by atoms with E-state index in [-0.39, 0.29) is 5.41 Å². The van der Waals surface area contributed by atoms with E-state index in [1.165, 1.54) is 0 Å². The Hall–Kier alpha value is -1.88. The van der Waals surface area contributed by atoms with Crippen LogP contribution in [-0.4, -0.2) is 42.1 Å². The largest absolute Gasteiger partial charge is 0.381 e. The second-order valence-electron chi connectivity index (χ2n) is 6.20. The average molecular weight is 273 g/mol. The highest BCUT2D eigenvalue weighted by Crippen LogP contribution is 2.21. The van der Waals surface area contributed by atoms with Crippen molar-refractivity contribution < 1.29 is 0 Å². The summed E-state index contributed by atoms with van der Waals surface area (Å²) in [5, 5.41) is 3.33. The van der Waals surface area contributed by atoms with Crippen LogP contribution in [-0.2, 0) is 0 Å². The molecule has 2 rings (SSSR count). The number of anilines is 2. The van der Waals surface area contributed by atoms with Gasteiger partial charge in [0, 0.05) is 13.1 Å². The van der Waals surface area contributed by atoms with Gasteiger partial charge in [-0.05, 0) is 31.6 Å². The van der Waals surface area contributed by atoms with Gasteiger partial charge in [0.15, 0.2) is 11.6 Å². The molecule has 3 N–H and O–H groups in total. The maximum Gasteiger partial charge on any atom is 0.169 e. The Balaban J connectivity index is 2.15. The number of aromatic nitrogens is 2. The lowest BCUT2D eigenvalue weighted by molar-refractivity contribution is 0.254. The van der Waals surface area contributed by atoms with Crippen molar-refractivity contribution in [1.29, 1.82) is 0 Å². The van der Waals surface area contributed by atoms with Gasteiger partial charge >= 0.3 is 0 Å². The smallest absolute Gasteiger partial charge is 0.169 e. The molecule has 20 heavy (non-hydrogen) atoms. The van der Waals surface area contributed by atoms with E-state index in [0.29, 0.717) is 11.6 Å². The van der Waals surface area contributed by atoms with Crippen molar-refractivity contribution in [2.75, 3.05) is 38.2 Å². The highest BCUT2D eigenvalue weighted by atomic mass is 15.1. The zero-order valence-corrected chi connectivity index (χ0v) is 12.6. The van der Waals surface area contributed by atoms with Crippen molar-refractivity contribution >= 4 is 22.7 Å². The second-order valence-corrected chi connectivity index (χ2v) is 6.20. The van der Waals surface area contributed by atoms with E-state index < -0.39 is 0 Å². The first kappa shape index (κ1) is 14.5. The molecule has 5 heteroatoms. The van der Waals surface area contributed by atoms with Crippen molar-refractivity contribution in [1.82, 2.24) is 14.9 Å². The first-order valence-electron chi connectivity index (χ1n) is 6.78. The summed E-state index contributed by atoms with van der Waals surface area (Å²) < 4.78 is 0. The van der Waals surface area contributed by atoms with Gasteiger partial charge in [0.25, 0.3) is 0 Å². The van der Waals surface area contributed by atoms with Crippen LogP contribution in [0.2, 0.25) is 0 Å². The van der Waals surface area contributed by atoms with Crippen LogP contribution in [0, 0.1) is 5.41 Å². The molecule has 0 aliphatic heterocycles. The Labute approximate surface area is 120 Å². The molecule has 0 bridgehead atoms. The number of nitrogens with zero attached hydrogens (tertiary/aromatic N) is 3. The number of para-hydroxylation sites is 2. The maximum absolute atomic E-state index is 5.97. The molecule has 5 nitrogen and oxygen atoms in total. The summed E-state index contributed by atoms with van der Waals surface area (Å²) in [5.41, 5.74) is 7.78. The highest BCUT2D eigenvalue weighted by Gasteiger charge is 2.19. The van der Waals surface area contributed by atoms with Crippen LogP contribution in [0.1, 0.15) is 13.8 Å². The van der Waals surface area contributed by atoms with E-state index in [1.54, 1.807) is 0 Å². The summed E-state index contributed by atoms with van der Waals surface area (Å²) in [6, 6.07) is 7.74. The summed E-state index contributed by atoms with van der Waals surface area (Å²) in [7, 11) is 4.15. The van der Waals surface area contributed by atoms with Crippen LogP contribution >= 0.6 is 0 Å². The van der Waals surface area contributed by atoms with Crippen LogP contribution in [0.4, 0.5) is 11.6 Å². The van der Waals surface area contributed by atoms with Gasteiger partial charge in [-0.3, -0.25) is 0 Å². The van der Waals surface area contributed by atoms with E-state index in [2.05, 4.69) is 48.1 Å². The minimum absolute atomic E-state index is 0.128. The molecule has 0 aliphatic carbocycles. The van der Waals surface area contributed by atoms with Crippen LogP contribution in [0.5, 0.6) is 0 Å². The number of nitrogens with one attached hydrogen (secondary N) is 1. The van der Waals surface area contributed by atoms with Crippen LogP contribution in [0.25, 0.3) is 11.0 Å². The third-order valence-corrected chi connectivity index (χ3v) is 3.08. The molecule has 1 aromatic heterocycles. The Morgan fingerprint density at radius 1 is 1.15 bits per heavy atom. The van der Waals surface area contributed by atoms with Gasteiger partial charge in [0.1, 0.15) is 0 Å². The summed E-state index contributed by atoms with van der Waals surface area (Å²) in [6.07, 6.45) is 0. The molecule has 108 valence electrons. The first-order valence-corrected chi connectivity index (χ1v) is 6.78. The second kappa shape index (κ2) is 5.63. The molecule has 0 aliphatic rings. The molecule has 0 atom stereocenters. The van der Waals surface area contributed by atoms with Gasteiger partial charge < -0.3 is 16.0 Å². The van der Waals surface area contributed by atoms with Gasteiger partial charge in [0.2, 0.25) is 0 Å². The maximum atomic E-state index is 5.97. The fraction of sp³-hybridized carbons (Fsp3) is 0.467. The third kappa shape index (κ3) is 3.57. The van der Waals surface area contributed by atoms with E-state index in [1.807, 2.05) is 24.3 Å². The van der Waals surface area contributed by atoms with Gasteiger partial charge in [-0.1, -0.05) is 26.0 Å². The lowest BCUT2D eigenvalue weighted by Crippen LogP contribution is -2.34. The lowest BCUT2D eigenvalue weighted by Gasteiger charge is -2.28. The number of fused-ring (bicyclic) bond motifs is 1. The van der Waals surface area contributed by atoms with E-state index in [0.717, 1.165) is 24.1 Å². The van der Waals surface area contributed by atoms with E-state index in [9.17, 15) is 0 Å². The zero-order valence-electron chi connectivity index (χ0n) is 12.6. The molecule has 0 amide bonds. The van der Waals surface area contributed by atoms with E-state index >= 15 is 0 Å². The Bertz CT molecular complexity index is 592. The van der Waals surface area contributed by atoms with Crippen LogP contribution in [0.15, 0.2) is 24.3 Å². The van der Waals surface area contributed by atoms with Gasteiger partial charge in [-0.15, -0.1) is 0 Å². The Kier molecular flexibility index (Phi) is 4.09. The molecule has 0 unspecified atom stereocenters. The number of nitrogen functional groups attached to an aromatic ring is 1. The normalized spacial score (nSPS) is 12.1. The number of hydrogen-bond donors (Lipinski definition) is 2. The molecular weight excluding hydrogens is 250 g/mol. The molecule has 1 aromatic carbocycles. The standard InChI is InChI=1S/C15H23N5/c1-15(2,10-20(3)4)9-17-14-13(16)18-11-7-5-6-8-12(11)19-14/h5-8H,9-10H2,1-4H3,(H2,16,18)(H,17,19). The Morgan fingerprint density at radius 2 is 1.75 bits per heavy atom. The predicted molar refractivity (Wildman–Crippen MR) is 84.8 cm³/mol. The first-order chi connectivity index (χ1) is 9.37. The van der Waals surface area contributed by atoms with Gasteiger partial charge in [-0.2, -0.15) is 0 Å². The number of hydrogen-bond acceptors (Lipinski definition) is 5. The zero-order chi connectivity index (χ0) is 14.8. The summed E-state index contributed by atoms with van der Waals surface area (Å²) in [4.78, 5) is 11.1. The van der Waals surface area contributed by atoms with Crippen molar-refractivity contribution in [3.8, 4) is 0 Å². The van der Waals surface area contributed by atoms with Gasteiger partial charge in [0.05, 0.1) is 11.0 Å². The molecule has 0 saturated carbocycles. The Morgan fingerprint density at radius 3 is 2.35 bits per heavy atom. The van der Waals surface area contributed by atoms with Gasteiger partial charge in [-0.25, -0.2) is 9.97 Å². The highest BCUT2D eigenvalue weighted by molar-refractivity contribution is 5.79. The molecule has 2 aromatic rings. The van der Waals surface area contributed by atoms with Crippen molar-refractivity contribution in [2.45, 2.75) is 13.8 Å². The summed E-state index contributed by atoms with van der Waals surface area (Å²) in [6.45, 7) is 6.21. The molecule has 0 radical (unpaired) electrons. The summed E-state index contributed by atoms with van der Waals surface area (Å²) >= 11 is 0. The van der Waals surface area contributed by atoms with Crippen LogP contribution < -0.4 is 11.1 Å². The number of benzene rings is 1. The summed E-state index contributed by atoms with van der Waals surface area (Å²) in [5.74, 6) is 1.11. The molecule has 0 fully saturated rings. The predicted octanol–water partition coefficient (Wildman–Crippen LogP) is 2.21. The van der Waals surface area contributed by atoms with Crippen molar-refractivity contribution in [2.24, 2.45) is 5.41 Å². The SMILES string of the molecule is CN(C)CC(C)(C)CNc1nc2ccccc2nc1N. The average Bonchev–Trinajstić information content (AvgIpc) is 2.34. The molecule has 1 heterocycles. The molecule has 0 spiro atoms. The minimum atomic E-state index is 0.128. The van der Waals surface area contributed by atoms with Crippen molar-refractivity contribution in [3.05, 3.63) is 24.3 Å². The van der Waals surface area contributed by atoms with Crippen molar-refractivity contribution in [3.63, 3.8) is 0 Å². The fourth-order valence-electron chi connectivity index (χ4n) is 2.38. The molecular formula is C15H23N5. The minimum Gasteiger partial charge on any atom is -0.381 e.